The fraction of sp³-hybridized carbons (Fsp3) is 0.750. The molecule has 0 spiro atoms. The number of rotatable bonds is 2. The average Bonchev–Trinajstić information content (AvgIpc) is 1.62. The van der Waals surface area contributed by atoms with E-state index in [-0.39, 0.29) is 5.41 Å². The summed E-state index contributed by atoms with van der Waals surface area (Å²) in [6.07, 6.45) is 1.12. The number of hydrogen-bond acceptors (Lipinski definition) is 0. The molecule has 0 aromatic heterocycles. The van der Waals surface area contributed by atoms with Crippen LogP contribution in [0.2, 0.25) is 0 Å². The van der Waals surface area contributed by atoms with E-state index in [0.717, 1.165) is 6.42 Å². The van der Waals surface area contributed by atoms with Crippen molar-refractivity contribution in [3.63, 3.8) is 0 Å². The molecule has 0 heteroatoms. The largest absolute Gasteiger partial charge is 0.0651 e. The molecular formula is C8H16. The predicted octanol–water partition coefficient (Wildman–Crippen LogP) is 2.71. The van der Waals surface area contributed by atoms with Gasteiger partial charge < -0.3 is 0 Å². The highest BCUT2D eigenvalue weighted by Gasteiger charge is 2.17. The van der Waals surface area contributed by atoms with Crippen LogP contribution in [0.25, 0.3) is 0 Å². The van der Waals surface area contributed by atoms with Crippen LogP contribution in [0, 0.1) is 25.2 Å². The van der Waals surface area contributed by atoms with Gasteiger partial charge in [0.2, 0.25) is 0 Å². The van der Waals surface area contributed by atoms with Gasteiger partial charge in [-0.2, -0.15) is 0 Å². The molecule has 1 unspecified atom stereocenters. The molecule has 2 radical (unpaired) electrons. The minimum absolute atomic E-state index is 0.148. The monoisotopic (exact) mass is 112 g/mol. The molecule has 0 bridgehead atoms. The van der Waals surface area contributed by atoms with Crippen LogP contribution in [-0.4, -0.2) is 0 Å². The lowest BCUT2D eigenvalue weighted by Gasteiger charge is -2.25. The highest BCUT2D eigenvalue weighted by atomic mass is 14.2. The molecule has 0 aromatic rings. The van der Waals surface area contributed by atoms with Gasteiger partial charge in [-0.3, -0.25) is 0 Å². The van der Waals surface area contributed by atoms with E-state index in [4.69, 9.17) is 0 Å². The van der Waals surface area contributed by atoms with E-state index in [1.165, 1.54) is 0 Å². The summed E-state index contributed by atoms with van der Waals surface area (Å²) in [5, 5.41) is 0. The van der Waals surface area contributed by atoms with Crippen molar-refractivity contribution in [1.29, 1.82) is 0 Å². The van der Waals surface area contributed by atoms with E-state index in [1.807, 2.05) is 0 Å². The Bertz CT molecular complexity index is 56.9. The first kappa shape index (κ1) is 8.00. The van der Waals surface area contributed by atoms with E-state index in [9.17, 15) is 0 Å². The standard InChI is InChI=1S/C8H16/c1-6-7(2)8(3,4)5/h7H,2-3,6H2,1,4-5H3. The molecule has 0 aliphatic rings. The second kappa shape index (κ2) is 2.52. The van der Waals surface area contributed by atoms with Gasteiger partial charge in [-0.05, 0) is 25.2 Å². The van der Waals surface area contributed by atoms with Gasteiger partial charge in [0.25, 0.3) is 0 Å². The van der Waals surface area contributed by atoms with E-state index in [2.05, 4.69) is 34.6 Å². The summed E-state index contributed by atoms with van der Waals surface area (Å²) < 4.78 is 0. The minimum Gasteiger partial charge on any atom is -0.0651 e. The molecular weight excluding hydrogens is 96.1 g/mol. The van der Waals surface area contributed by atoms with Crippen LogP contribution in [0.5, 0.6) is 0 Å². The summed E-state index contributed by atoms with van der Waals surface area (Å²) in [6, 6.07) is 0. The molecule has 0 aliphatic carbocycles. The molecule has 8 heavy (non-hydrogen) atoms. The quantitative estimate of drug-likeness (QED) is 0.515. The molecule has 1 atom stereocenters. The van der Waals surface area contributed by atoms with Crippen molar-refractivity contribution in [3.05, 3.63) is 13.8 Å². The SMILES string of the molecule is [CH2]C(CC)C([CH2])(C)C. The second-order valence-corrected chi connectivity index (χ2v) is 3.09. The lowest BCUT2D eigenvalue weighted by atomic mass is 9.81. The fourth-order valence-electron chi connectivity index (χ4n) is 0.553. The Morgan fingerprint density at radius 2 is 1.88 bits per heavy atom. The van der Waals surface area contributed by atoms with Crippen molar-refractivity contribution in [2.45, 2.75) is 27.2 Å². The molecule has 0 aliphatic heterocycles. The van der Waals surface area contributed by atoms with Gasteiger partial charge in [0.15, 0.2) is 0 Å². The van der Waals surface area contributed by atoms with Gasteiger partial charge in [-0.25, -0.2) is 0 Å². The zero-order valence-corrected chi connectivity index (χ0v) is 6.20. The Morgan fingerprint density at radius 3 is 1.88 bits per heavy atom. The Morgan fingerprint density at radius 1 is 1.50 bits per heavy atom. The number of hydrogen-bond donors (Lipinski definition) is 0. The summed E-state index contributed by atoms with van der Waals surface area (Å²) in [4.78, 5) is 0. The first-order valence-corrected chi connectivity index (χ1v) is 3.17. The topological polar surface area (TPSA) is 0 Å². The third-order valence-corrected chi connectivity index (χ3v) is 1.60. The fourth-order valence-corrected chi connectivity index (χ4v) is 0.553. The van der Waals surface area contributed by atoms with Crippen molar-refractivity contribution in [2.75, 3.05) is 0 Å². The molecule has 0 fully saturated rings. The molecule has 48 valence electrons. The lowest BCUT2D eigenvalue weighted by molar-refractivity contribution is 0.327. The van der Waals surface area contributed by atoms with Gasteiger partial charge in [-0.15, -0.1) is 0 Å². The van der Waals surface area contributed by atoms with Crippen LogP contribution in [0.3, 0.4) is 0 Å². The first-order chi connectivity index (χ1) is 3.48. The molecule has 0 saturated carbocycles. The molecule has 0 saturated heterocycles. The molecule has 0 nitrogen and oxygen atoms in total. The van der Waals surface area contributed by atoms with Crippen LogP contribution in [0.15, 0.2) is 0 Å². The molecule has 0 N–H and O–H groups in total. The Balaban J connectivity index is 3.62. The summed E-state index contributed by atoms with van der Waals surface area (Å²) in [6.45, 7) is 14.3. The first-order valence-electron chi connectivity index (χ1n) is 3.17. The van der Waals surface area contributed by atoms with Crippen molar-refractivity contribution in [1.82, 2.24) is 0 Å². The van der Waals surface area contributed by atoms with Crippen molar-refractivity contribution in [2.24, 2.45) is 11.3 Å². The summed E-state index contributed by atoms with van der Waals surface area (Å²) in [7, 11) is 0. The van der Waals surface area contributed by atoms with E-state index in [0.29, 0.717) is 5.92 Å². The van der Waals surface area contributed by atoms with Crippen LogP contribution in [0.1, 0.15) is 27.2 Å². The smallest absolute Gasteiger partial charge is 0.0326 e. The van der Waals surface area contributed by atoms with Crippen LogP contribution in [0.4, 0.5) is 0 Å². The van der Waals surface area contributed by atoms with Crippen molar-refractivity contribution >= 4 is 0 Å². The summed E-state index contributed by atoms with van der Waals surface area (Å²) >= 11 is 0. The predicted molar refractivity (Wildman–Crippen MR) is 38.3 cm³/mol. The van der Waals surface area contributed by atoms with Gasteiger partial charge in [0.05, 0.1) is 0 Å². The van der Waals surface area contributed by atoms with E-state index >= 15 is 0 Å². The average molecular weight is 112 g/mol. The highest BCUT2D eigenvalue weighted by molar-refractivity contribution is 4.80. The van der Waals surface area contributed by atoms with Crippen LogP contribution < -0.4 is 0 Å². The van der Waals surface area contributed by atoms with Gasteiger partial charge in [0.1, 0.15) is 0 Å². The molecule has 0 rings (SSSR count). The maximum absolute atomic E-state index is 3.98. The maximum Gasteiger partial charge on any atom is -0.0326 e. The Kier molecular flexibility index (Phi) is 2.52. The molecule has 0 heterocycles. The second-order valence-electron chi connectivity index (χ2n) is 3.09. The summed E-state index contributed by atoms with van der Waals surface area (Å²) in [5.41, 5.74) is 0.148. The highest BCUT2D eigenvalue weighted by Crippen LogP contribution is 2.26. The Labute approximate surface area is 53.3 Å². The zero-order chi connectivity index (χ0) is 6.78. The lowest BCUT2D eigenvalue weighted by Crippen LogP contribution is -2.16. The Hall–Kier alpha value is 0. The third kappa shape index (κ3) is 2.34. The van der Waals surface area contributed by atoms with Gasteiger partial charge in [0, 0.05) is 0 Å². The minimum atomic E-state index is 0.148. The zero-order valence-electron chi connectivity index (χ0n) is 6.20. The van der Waals surface area contributed by atoms with Crippen molar-refractivity contribution in [3.8, 4) is 0 Å². The van der Waals surface area contributed by atoms with Crippen molar-refractivity contribution < 1.29 is 0 Å². The molecule has 0 aromatic carbocycles. The van der Waals surface area contributed by atoms with E-state index < -0.39 is 0 Å². The summed E-state index contributed by atoms with van der Waals surface area (Å²) in [5.74, 6) is 0.488. The third-order valence-electron chi connectivity index (χ3n) is 1.60. The van der Waals surface area contributed by atoms with Gasteiger partial charge >= 0.3 is 0 Å². The maximum atomic E-state index is 3.98. The van der Waals surface area contributed by atoms with Crippen LogP contribution in [-0.2, 0) is 0 Å². The van der Waals surface area contributed by atoms with Gasteiger partial charge in [-0.1, -0.05) is 27.2 Å². The normalized spacial score (nSPS) is 16.1. The van der Waals surface area contributed by atoms with Crippen LogP contribution >= 0.6 is 0 Å². The molecule has 0 amide bonds. The van der Waals surface area contributed by atoms with E-state index in [1.54, 1.807) is 0 Å².